The smallest absolute Gasteiger partial charge is 0.259 e. The van der Waals surface area contributed by atoms with Gasteiger partial charge in [-0.05, 0) is 31.2 Å². The molecule has 0 radical (unpaired) electrons. The van der Waals surface area contributed by atoms with E-state index >= 15 is 0 Å². The number of fused-ring (bicyclic) bond motifs is 1. The Hall–Kier alpha value is -3.48. The number of anilines is 1. The maximum atomic E-state index is 12.6. The van der Waals surface area contributed by atoms with Crippen LogP contribution in [0.5, 0.6) is 17.2 Å². The molecule has 0 bridgehead atoms. The van der Waals surface area contributed by atoms with E-state index < -0.39 is 0 Å². The van der Waals surface area contributed by atoms with Crippen molar-refractivity contribution in [2.45, 2.75) is 19.6 Å². The minimum absolute atomic E-state index is 0.156. The van der Waals surface area contributed by atoms with E-state index in [1.807, 2.05) is 37.3 Å². The lowest BCUT2D eigenvalue weighted by Crippen LogP contribution is -2.33. The van der Waals surface area contributed by atoms with Crippen LogP contribution in [0.25, 0.3) is 0 Å². The third-order valence-corrected chi connectivity index (χ3v) is 4.28. The summed E-state index contributed by atoms with van der Waals surface area (Å²) in [7, 11) is 0. The number of benzene rings is 2. The maximum absolute atomic E-state index is 12.6. The van der Waals surface area contributed by atoms with Gasteiger partial charge in [-0.15, -0.1) is 0 Å². The summed E-state index contributed by atoms with van der Waals surface area (Å²) >= 11 is 0. The Morgan fingerprint density at radius 1 is 1.21 bits per heavy atom. The van der Waals surface area contributed by atoms with Gasteiger partial charge in [0.15, 0.2) is 17.6 Å². The highest BCUT2D eigenvalue weighted by molar-refractivity contribution is 6.06. The molecule has 3 aromatic rings. The summed E-state index contributed by atoms with van der Waals surface area (Å²) in [5, 5.41) is 7.16. The van der Waals surface area contributed by atoms with Crippen LogP contribution in [0.4, 0.5) is 5.69 Å². The molecule has 0 fully saturated rings. The third kappa shape index (κ3) is 3.93. The largest absolute Gasteiger partial charge is 0.493 e. The molecule has 7 heteroatoms. The number of hydrogen-bond acceptors (Lipinski definition) is 5. The van der Waals surface area contributed by atoms with Crippen LogP contribution in [0.3, 0.4) is 0 Å². The Balaban J connectivity index is 1.39. The van der Waals surface area contributed by atoms with Gasteiger partial charge in [-0.2, -0.15) is 5.10 Å². The normalized spacial score (nSPS) is 15.1. The highest BCUT2D eigenvalue weighted by Gasteiger charge is 2.21. The summed E-state index contributed by atoms with van der Waals surface area (Å²) in [5.74, 6) is 1.79. The highest BCUT2D eigenvalue weighted by Crippen LogP contribution is 2.31. The van der Waals surface area contributed by atoms with Crippen molar-refractivity contribution < 1.29 is 19.0 Å². The van der Waals surface area contributed by atoms with Gasteiger partial charge in [-0.1, -0.05) is 24.3 Å². The number of nitrogens with zero attached hydrogens (tertiary/aromatic N) is 2. The lowest BCUT2D eigenvalue weighted by atomic mass is 10.2. The number of nitrogens with one attached hydrogen (secondary N) is 1. The molecule has 0 saturated heterocycles. The Morgan fingerprint density at radius 2 is 2.00 bits per heavy atom. The first kappa shape index (κ1) is 17.9. The van der Waals surface area contributed by atoms with Crippen molar-refractivity contribution in [1.29, 1.82) is 0 Å². The van der Waals surface area contributed by atoms with Crippen LogP contribution >= 0.6 is 0 Å². The van der Waals surface area contributed by atoms with Gasteiger partial charge in [0.1, 0.15) is 12.4 Å². The van der Waals surface area contributed by atoms with Crippen LogP contribution in [0, 0.1) is 0 Å². The molecule has 0 spiro atoms. The average Bonchev–Trinajstić information content (AvgIpc) is 3.15. The Labute approximate surface area is 162 Å². The van der Waals surface area contributed by atoms with E-state index in [9.17, 15) is 4.79 Å². The standard InChI is InChI=1S/C21H21N3O4/c1-2-26-18-8-4-3-7-17(18)21(25)23-15-11-22-24(12-15)13-16-14-27-19-9-5-6-10-20(19)28-16/h3-12,16H,2,13-14H2,1H3,(H,23,25). The number of rotatable bonds is 6. The second-order valence-electron chi connectivity index (χ2n) is 6.33. The fraction of sp³-hybridized carbons (Fsp3) is 0.238. The van der Waals surface area contributed by atoms with Crippen molar-refractivity contribution in [2.24, 2.45) is 0 Å². The summed E-state index contributed by atoms with van der Waals surface area (Å²) < 4.78 is 18.9. The van der Waals surface area contributed by atoms with Gasteiger partial charge in [0, 0.05) is 6.20 Å². The van der Waals surface area contributed by atoms with Gasteiger partial charge in [0.2, 0.25) is 0 Å². The molecule has 1 aromatic heterocycles. The van der Waals surface area contributed by atoms with Crippen molar-refractivity contribution in [1.82, 2.24) is 9.78 Å². The highest BCUT2D eigenvalue weighted by atomic mass is 16.6. The van der Waals surface area contributed by atoms with Gasteiger partial charge in [-0.25, -0.2) is 0 Å². The van der Waals surface area contributed by atoms with E-state index in [0.29, 0.717) is 36.8 Å². The monoisotopic (exact) mass is 379 g/mol. The first-order valence-electron chi connectivity index (χ1n) is 9.17. The first-order chi connectivity index (χ1) is 13.7. The fourth-order valence-corrected chi connectivity index (χ4v) is 3.02. The molecule has 4 rings (SSSR count). The van der Waals surface area contributed by atoms with Crippen LogP contribution in [0.2, 0.25) is 0 Å². The Bertz CT molecular complexity index is 970. The van der Waals surface area contributed by atoms with Crippen molar-refractivity contribution in [2.75, 3.05) is 18.5 Å². The van der Waals surface area contributed by atoms with E-state index in [2.05, 4.69) is 10.4 Å². The average molecular weight is 379 g/mol. The van der Waals surface area contributed by atoms with Gasteiger partial charge >= 0.3 is 0 Å². The molecule has 7 nitrogen and oxygen atoms in total. The van der Waals surface area contributed by atoms with E-state index in [1.54, 1.807) is 35.3 Å². The van der Waals surface area contributed by atoms with E-state index in [-0.39, 0.29) is 12.0 Å². The van der Waals surface area contributed by atoms with Gasteiger partial charge in [-0.3, -0.25) is 9.48 Å². The molecule has 1 amide bonds. The Morgan fingerprint density at radius 3 is 2.86 bits per heavy atom. The molecule has 0 saturated carbocycles. The van der Waals surface area contributed by atoms with Crippen LogP contribution in [-0.2, 0) is 6.54 Å². The molecule has 2 aromatic carbocycles. The number of ether oxygens (including phenoxy) is 3. The van der Waals surface area contributed by atoms with E-state index in [0.717, 1.165) is 11.5 Å². The zero-order valence-corrected chi connectivity index (χ0v) is 15.5. The number of carbonyl (C=O) groups is 1. The lowest BCUT2D eigenvalue weighted by Gasteiger charge is -2.26. The van der Waals surface area contributed by atoms with Crippen molar-refractivity contribution in [3.05, 3.63) is 66.5 Å². The van der Waals surface area contributed by atoms with E-state index in [1.165, 1.54) is 0 Å². The maximum Gasteiger partial charge on any atom is 0.259 e. The molecule has 1 atom stereocenters. The summed E-state index contributed by atoms with van der Waals surface area (Å²) in [6.45, 7) is 3.34. The van der Waals surface area contributed by atoms with Crippen LogP contribution in [0.1, 0.15) is 17.3 Å². The number of para-hydroxylation sites is 3. The second kappa shape index (κ2) is 8.04. The molecule has 1 N–H and O–H groups in total. The number of aromatic nitrogens is 2. The lowest BCUT2D eigenvalue weighted by molar-refractivity contribution is 0.0759. The molecule has 0 aliphatic carbocycles. The minimum atomic E-state index is -0.241. The van der Waals surface area contributed by atoms with Crippen molar-refractivity contribution in [3.8, 4) is 17.2 Å². The first-order valence-corrected chi connectivity index (χ1v) is 9.17. The molecule has 1 aliphatic heterocycles. The van der Waals surface area contributed by atoms with Gasteiger partial charge in [0.05, 0.1) is 30.6 Å². The predicted molar refractivity (Wildman–Crippen MR) is 104 cm³/mol. The predicted octanol–water partition coefficient (Wildman–Crippen LogP) is 3.37. The van der Waals surface area contributed by atoms with Crippen molar-refractivity contribution in [3.63, 3.8) is 0 Å². The zero-order valence-electron chi connectivity index (χ0n) is 15.5. The van der Waals surface area contributed by atoms with Crippen LogP contribution < -0.4 is 19.5 Å². The Kier molecular flexibility index (Phi) is 5.14. The molecule has 1 unspecified atom stereocenters. The molecule has 1 aliphatic rings. The van der Waals surface area contributed by atoms with Crippen molar-refractivity contribution >= 4 is 11.6 Å². The fourth-order valence-electron chi connectivity index (χ4n) is 3.02. The number of hydrogen-bond donors (Lipinski definition) is 1. The number of carbonyl (C=O) groups excluding carboxylic acids is 1. The van der Waals surface area contributed by atoms with E-state index in [4.69, 9.17) is 14.2 Å². The summed E-state index contributed by atoms with van der Waals surface area (Å²) in [6, 6.07) is 14.7. The summed E-state index contributed by atoms with van der Waals surface area (Å²) in [6.07, 6.45) is 3.22. The molecule has 144 valence electrons. The number of amides is 1. The second-order valence-corrected chi connectivity index (χ2v) is 6.33. The SMILES string of the molecule is CCOc1ccccc1C(=O)Nc1cnn(CC2COc3ccccc3O2)c1. The molecular weight excluding hydrogens is 358 g/mol. The zero-order chi connectivity index (χ0) is 19.3. The van der Waals surface area contributed by atoms with Gasteiger partial charge in [0.25, 0.3) is 5.91 Å². The topological polar surface area (TPSA) is 74.6 Å². The summed E-state index contributed by atoms with van der Waals surface area (Å²) in [5.41, 5.74) is 1.09. The van der Waals surface area contributed by atoms with Crippen LogP contribution in [0.15, 0.2) is 60.9 Å². The molecular formula is C21H21N3O4. The van der Waals surface area contributed by atoms with Gasteiger partial charge < -0.3 is 19.5 Å². The quantitative estimate of drug-likeness (QED) is 0.711. The molecule has 28 heavy (non-hydrogen) atoms. The third-order valence-electron chi connectivity index (χ3n) is 4.28. The van der Waals surface area contributed by atoms with Crippen LogP contribution in [-0.4, -0.2) is 35.0 Å². The molecule has 2 heterocycles. The minimum Gasteiger partial charge on any atom is -0.493 e. The summed E-state index contributed by atoms with van der Waals surface area (Å²) in [4.78, 5) is 12.6.